The molecule has 0 atom stereocenters. The standard InChI is InChI=1S/C19H17N3O4S/c1-12-16(22-27-21-12)10-24-15-5-3-14(4-6-15)19(23)20-9-13-2-7-17-18(8-13)26-11-25-17/h2-8H,9-11H2,1H3,(H,20,23). The van der Waals surface area contributed by atoms with Crippen LogP contribution >= 0.6 is 11.7 Å². The van der Waals surface area contributed by atoms with Crippen molar-refractivity contribution in [2.75, 3.05) is 6.79 Å². The predicted molar refractivity (Wildman–Crippen MR) is 99.2 cm³/mol. The van der Waals surface area contributed by atoms with Gasteiger partial charge in [0.2, 0.25) is 6.79 Å². The van der Waals surface area contributed by atoms with Crippen LogP contribution in [-0.2, 0) is 13.2 Å². The van der Waals surface area contributed by atoms with Gasteiger partial charge in [0.15, 0.2) is 11.5 Å². The Morgan fingerprint density at radius 1 is 1.15 bits per heavy atom. The van der Waals surface area contributed by atoms with E-state index in [1.807, 2.05) is 25.1 Å². The average molecular weight is 383 g/mol. The Morgan fingerprint density at radius 3 is 2.74 bits per heavy atom. The number of hydrogen-bond acceptors (Lipinski definition) is 7. The molecule has 0 unspecified atom stereocenters. The van der Waals surface area contributed by atoms with Crippen LogP contribution in [0.2, 0.25) is 0 Å². The van der Waals surface area contributed by atoms with Gasteiger partial charge in [0.1, 0.15) is 18.1 Å². The molecule has 1 amide bonds. The van der Waals surface area contributed by atoms with Crippen LogP contribution in [0, 0.1) is 6.92 Å². The molecule has 1 aliphatic rings. The third kappa shape index (κ3) is 4.01. The minimum Gasteiger partial charge on any atom is -0.487 e. The van der Waals surface area contributed by atoms with Crippen molar-refractivity contribution in [2.24, 2.45) is 0 Å². The molecule has 0 saturated heterocycles. The normalized spacial score (nSPS) is 12.0. The van der Waals surface area contributed by atoms with Crippen molar-refractivity contribution in [3.8, 4) is 17.2 Å². The van der Waals surface area contributed by atoms with Crippen LogP contribution in [0.25, 0.3) is 0 Å². The van der Waals surface area contributed by atoms with Crippen molar-refractivity contribution in [2.45, 2.75) is 20.1 Å². The molecule has 0 saturated carbocycles. The molecule has 1 aliphatic heterocycles. The maximum Gasteiger partial charge on any atom is 0.251 e. The van der Waals surface area contributed by atoms with Crippen molar-refractivity contribution in [1.82, 2.24) is 14.1 Å². The highest BCUT2D eigenvalue weighted by molar-refractivity contribution is 6.99. The molecule has 138 valence electrons. The lowest BCUT2D eigenvalue weighted by molar-refractivity contribution is 0.0950. The Kier molecular flexibility index (Phi) is 4.88. The van der Waals surface area contributed by atoms with E-state index in [0.717, 1.165) is 22.7 Å². The van der Waals surface area contributed by atoms with Gasteiger partial charge in [0.25, 0.3) is 5.91 Å². The minimum absolute atomic E-state index is 0.154. The maximum atomic E-state index is 12.3. The summed E-state index contributed by atoms with van der Waals surface area (Å²) in [4.78, 5) is 12.3. The molecule has 0 aliphatic carbocycles. The highest BCUT2D eigenvalue weighted by atomic mass is 32.1. The monoisotopic (exact) mass is 383 g/mol. The topological polar surface area (TPSA) is 82.6 Å². The summed E-state index contributed by atoms with van der Waals surface area (Å²) in [6.07, 6.45) is 0. The van der Waals surface area contributed by atoms with Crippen LogP contribution in [0.4, 0.5) is 0 Å². The number of amides is 1. The van der Waals surface area contributed by atoms with E-state index in [0.29, 0.717) is 30.2 Å². The van der Waals surface area contributed by atoms with Gasteiger partial charge in [-0.15, -0.1) is 0 Å². The Hall–Kier alpha value is -3.13. The van der Waals surface area contributed by atoms with Crippen LogP contribution in [0.15, 0.2) is 42.5 Å². The largest absolute Gasteiger partial charge is 0.487 e. The molecule has 2 heterocycles. The van der Waals surface area contributed by atoms with Gasteiger partial charge in [-0.3, -0.25) is 4.79 Å². The van der Waals surface area contributed by atoms with Gasteiger partial charge in [-0.05, 0) is 48.9 Å². The van der Waals surface area contributed by atoms with Gasteiger partial charge in [0, 0.05) is 12.1 Å². The van der Waals surface area contributed by atoms with Gasteiger partial charge in [-0.25, -0.2) is 0 Å². The molecule has 1 aromatic heterocycles. The molecule has 0 bridgehead atoms. The minimum atomic E-state index is -0.154. The fourth-order valence-electron chi connectivity index (χ4n) is 2.57. The first kappa shape index (κ1) is 17.3. The summed E-state index contributed by atoms with van der Waals surface area (Å²) < 4.78 is 24.6. The summed E-state index contributed by atoms with van der Waals surface area (Å²) in [5.41, 5.74) is 3.21. The smallest absolute Gasteiger partial charge is 0.251 e. The number of nitrogens with one attached hydrogen (secondary N) is 1. The van der Waals surface area contributed by atoms with Crippen molar-refractivity contribution < 1.29 is 19.0 Å². The number of ether oxygens (including phenoxy) is 3. The molecule has 4 rings (SSSR count). The second-order valence-electron chi connectivity index (χ2n) is 5.98. The van der Waals surface area contributed by atoms with Crippen LogP contribution in [0.5, 0.6) is 17.2 Å². The lowest BCUT2D eigenvalue weighted by Gasteiger charge is -2.08. The van der Waals surface area contributed by atoms with E-state index in [9.17, 15) is 4.79 Å². The summed E-state index contributed by atoms with van der Waals surface area (Å²) >= 11 is 1.17. The first-order chi connectivity index (χ1) is 13.2. The molecule has 3 aromatic rings. The highest BCUT2D eigenvalue weighted by Crippen LogP contribution is 2.32. The van der Waals surface area contributed by atoms with Gasteiger partial charge in [0.05, 0.1) is 17.4 Å². The molecule has 0 fully saturated rings. The van der Waals surface area contributed by atoms with E-state index in [4.69, 9.17) is 14.2 Å². The SMILES string of the molecule is Cc1nsnc1COc1ccc(C(=O)NCc2ccc3c(c2)OCO3)cc1. The maximum absolute atomic E-state index is 12.3. The fraction of sp³-hybridized carbons (Fsp3) is 0.211. The van der Waals surface area contributed by atoms with Crippen molar-refractivity contribution >= 4 is 17.6 Å². The van der Waals surface area contributed by atoms with Crippen LogP contribution in [0.1, 0.15) is 27.3 Å². The molecule has 2 aromatic carbocycles. The summed E-state index contributed by atoms with van der Waals surface area (Å²) in [6, 6.07) is 12.6. The number of aryl methyl sites for hydroxylation is 1. The highest BCUT2D eigenvalue weighted by Gasteiger charge is 2.14. The Bertz CT molecular complexity index is 956. The van der Waals surface area contributed by atoms with Crippen LogP contribution < -0.4 is 19.5 Å². The van der Waals surface area contributed by atoms with E-state index in [1.54, 1.807) is 24.3 Å². The summed E-state index contributed by atoms with van der Waals surface area (Å²) in [5, 5.41) is 2.89. The molecular weight excluding hydrogens is 366 g/mol. The molecule has 1 N–H and O–H groups in total. The predicted octanol–water partition coefficient (Wildman–Crippen LogP) is 3.08. The lowest BCUT2D eigenvalue weighted by Crippen LogP contribution is -2.22. The molecule has 7 nitrogen and oxygen atoms in total. The summed E-state index contributed by atoms with van der Waals surface area (Å²) in [7, 11) is 0. The Morgan fingerprint density at radius 2 is 1.96 bits per heavy atom. The average Bonchev–Trinajstić information content (AvgIpc) is 3.33. The van der Waals surface area contributed by atoms with Crippen LogP contribution in [-0.4, -0.2) is 21.4 Å². The third-order valence-electron chi connectivity index (χ3n) is 4.13. The van der Waals surface area contributed by atoms with Gasteiger partial charge in [-0.1, -0.05) is 6.07 Å². The number of fused-ring (bicyclic) bond motifs is 1. The zero-order valence-electron chi connectivity index (χ0n) is 14.6. The summed E-state index contributed by atoms with van der Waals surface area (Å²) in [6.45, 7) is 2.90. The number of hydrogen-bond donors (Lipinski definition) is 1. The van der Waals surface area contributed by atoms with Gasteiger partial charge in [-0.2, -0.15) is 8.75 Å². The molecular formula is C19H17N3O4S. The number of carbonyl (C=O) groups is 1. The molecule has 0 radical (unpaired) electrons. The Balaban J connectivity index is 1.31. The van der Waals surface area contributed by atoms with Crippen molar-refractivity contribution in [3.05, 3.63) is 65.0 Å². The van der Waals surface area contributed by atoms with E-state index in [2.05, 4.69) is 14.1 Å². The molecule has 8 heteroatoms. The molecule has 27 heavy (non-hydrogen) atoms. The second kappa shape index (κ2) is 7.63. The van der Waals surface area contributed by atoms with Gasteiger partial charge < -0.3 is 19.5 Å². The number of rotatable bonds is 6. The first-order valence-corrected chi connectivity index (χ1v) is 9.10. The van der Waals surface area contributed by atoms with Gasteiger partial charge >= 0.3 is 0 Å². The van der Waals surface area contributed by atoms with Crippen molar-refractivity contribution in [1.29, 1.82) is 0 Å². The van der Waals surface area contributed by atoms with E-state index >= 15 is 0 Å². The number of nitrogens with zero attached hydrogens (tertiary/aromatic N) is 2. The van der Waals surface area contributed by atoms with E-state index in [1.165, 1.54) is 11.7 Å². The Labute approximate surface area is 160 Å². The number of carbonyl (C=O) groups excluding carboxylic acids is 1. The fourth-order valence-corrected chi connectivity index (χ4v) is 3.12. The lowest BCUT2D eigenvalue weighted by atomic mass is 10.1. The number of benzene rings is 2. The zero-order chi connectivity index (χ0) is 18.6. The van der Waals surface area contributed by atoms with Crippen LogP contribution in [0.3, 0.4) is 0 Å². The molecule has 0 spiro atoms. The number of aromatic nitrogens is 2. The zero-order valence-corrected chi connectivity index (χ0v) is 15.4. The van der Waals surface area contributed by atoms with Crippen molar-refractivity contribution in [3.63, 3.8) is 0 Å². The van der Waals surface area contributed by atoms with E-state index < -0.39 is 0 Å². The van der Waals surface area contributed by atoms with E-state index in [-0.39, 0.29) is 12.7 Å². The quantitative estimate of drug-likeness (QED) is 0.704. The third-order valence-corrected chi connectivity index (χ3v) is 4.79. The second-order valence-corrected chi connectivity index (χ2v) is 6.51. The first-order valence-electron chi connectivity index (χ1n) is 8.36. The summed E-state index contributed by atoms with van der Waals surface area (Å²) in [5.74, 6) is 1.95.